The van der Waals surface area contributed by atoms with Gasteiger partial charge in [-0.3, -0.25) is 14.4 Å². The summed E-state index contributed by atoms with van der Waals surface area (Å²) in [4.78, 5) is 39.2. The average molecular weight is 307 g/mol. The number of nitrogens with zero attached hydrogens (tertiary/aromatic N) is 2. The van der Waals surface area contributed by atoms with Gasteiger partial charge in [0.2, 0.25) is 11.8 Å². The Kier molecular flexibility index (Phi) is 3.92. The molecule has 0 saturated carbocycles. The Bertz CT molecular complexity index is 550. The number of hydrogen-bond donors (Lipinski definition) is 1. The van der Waals surface area contributed by atoms with Crippen molar-refractivity contribution in [1.29, 1.82) is 0 Å². The van der Waals surface area contributed by atoms with E-state index in [0.717, 1.165) is 0 Å². The number of carbonyl (C=O) groups is 3. The number of hydrogen-bond acceptors (Lipinski definition) is 4. The first kappa shape index (κ1) is 14.1. The average Bonchev–Trinajstić information content (AvgIpc) is 3.17. The van der Waals surface area contributed by atoms with Crippen molar-refractivity contribution >= 4 is 29.1 Å². The first-order valence-electron chi connectivity index (χ1n) is 7.02. The molecule has 6 nitrogen and oxygen atoms in total. The van der Waals surface area contributed by atoms with E-state index in [1.165, 1.54) is 11.3 Å². The first-order chi connectivity index (χ1) is 10.1. The van der Waals surface area contributed by atoms with Gasteiger partial charge in [0.1, 0.15) is 0 Å². The fourth-order valence-corrected chi connectivity index (χ4v) is 3.37. The van der Waals surface area contributed by atoms with Crippen LogP contribution in [0, 0.1) is 5.92 Å². The molecule has 7 heteroatoms. The second-order valence-corrected chi connectivity index (χ2v) is 6.11. The van der Waals surface area contributed by atoms with E-state index >= 15 is 0 Å². The second-order valence-electron chi connectivity index (χ2n) is 5.33. The fraction of sp³-hybridized carbons (Fsp3) is 0.500. The number of rotatable bonds is 2. The maximum absolute atomic E-state index is 12.3. The minimum atomic E-state index is -0.239. The molecule has 3 amide bonds. The van der Waals surface area contributed by atoms with Crippen molar-refractivity contribution in [3.8, 4) is 0 Å². The van der Waals surface area contributed by atoms with Crippen LogP contribution in [0.1, 0.15) is 16.8 Å². The highest BCUT2D eigenvalue weighted by atomic mass is 32.1. The van der Waals surface area contributed by atoms with Crippen molar-refractivity contribution in [2.75, 3.05) is 32.7 Å². The third-order valence-electron chi connectivity index (χ3n) is 3.97. The van der Waals surface area contributed by atoms with Crippen LogP contribution >= 0.6 is 11.3 Å². The zero-order chi connectivity index (χ0) is 14.8. The zero-order valence-electron chi connectivity index (χ0n) is 11.6. The summed E-state index contributed by atoms with van der Waals surface area (Å²) in [7, 11) is 0. The predicted octanol–water partition coefficient (Wildman–Crippen LogP) is 0.169. The van der Waals surface area contributed by atoms with Gasteiger partial charge < -0.3 is 15.1 Å². The van der Waals surface area contributed by atoms with Gasteiger partial charge in [0.15, 0.2) is 0 Å². The molecule has 1 N–H and O–H groups in total. The van der Waals surface area contributed by atoms with E-state index in [0.29, 0.717) is 38.3 Å². The van der Waals surface area contributed by atoms with Gasteiger partial charge in [-0.1, -0.05) is 0 Å². The van der Waals surface area contributed by atoms with Gasteiger partial charge in [-0.25, -0.2) is 0 Å². The summed E-state index contributed by atoms with van der Waals surface area (Å²) in [6, 6.07) is 1.82. The van der Waals surface area contributed by atoms with Crippen LogP contribution in [-0.4, -0.2) is 60.2 Å². The molecule has 2 saturated heterocycles. The first-order valence-corrected chi connectivity index (χ1v) is 7.96. The molecule has 0 radical (unpaired) electrons. The predicted molar refractivity (Wildman–Crippen MR) is 77.9 cm³/mol. The molecule has 1 aromatic rings. The quantitative estimate of drug-likeness (QED) is 0.847. The van der Waals surface area contributed by atoms with E-state index in [2.05, 4.69) is 5.32 Å². The Labute approximate surface area is 126 Å². The van der Waals surface area contributed by atoms with Gasteiger partial charge in [0.25, 0.3) is 5.91 Å². The summed E-state index contributed by atoms with van der Waals surface area (Å²) >= 11 is 1.50. The molecule has 112 valence electrons. The molecule has 3 rings (SSSR count). The topological polar surface area (TPSA) is 69.7 Å². The molecule has 2 fully saturated rings. The molecule has 1 unspecified atom stereocenters. The van der Waals surface area contributed by atoms with Crippen molar-refractivity contribution < 1.29 is 14.4 Å². The maximum Gasteiger partial charge on any atom is 0.254 e. The van der Waals surface area contributed by atoms with Crippen LogP contribution in [0.15, 0.2) is 16.8 Å². The van der Waals surface area contributed by atoms with Crippen molar-refractivity contribution in [3.63, 3.8) is 0 Å². The highest BCUT2D eigenvalue weighted by molar-refractivity contribution is 7.08. The lowest BCUT2D eigenvalue weighted by molar-refractivity contribution is -0.137. The molecule has 0 bridgehead atoms. The van der Waals surface area contributed by atoms with E-state index in [-0.39, 0.29) is 30.1 Å². The van der Waals surface area contributed by atoms with E-state index in [4.69, 9.17) is 0 Å². The molecule has 0 aromatic carbocycles. The molecule has 0 aliphatic carbocycles. The van der Waals surface area contributed by atoms with Crippen LogP contribution in [0.2, 0.25) is 0 Å². The van der Waals surface area contributed by atoms with E-state index in [1.807, 2.05) is 16.8 Å². The van der Waals surface area contributed by atoms with Crippen LogP contribution in [0.3, 0.4) is 0 Å². The highest BCUT2D eigenvalue weighted by Gasteiger charge is 2.33. The Balaban J connectivity index is 1.54. The van der Waals surface area contributed by atoms with E-state index in [9.17, 15) is 14.4 Å². The number of thiophene rings is 1. The molecule has 1 atom stereocenters. The van der Waals surface area contributed by atoms with Crippen LogP contribution in [0.5, 0.6) is 0 Å². The van der Waals surface area contributed by atoms with Gasteiger partial charge in [-0.15, -0.1) is 0 Å². The lowest BCUT2D eigenvalue weighted by Crippen LogP contribution is -2.52. The highest BCUT2D eigenvalue weighted by Crippen LogP contribution is 2.16. The van der Waals surface area contributed by atoms with Gasteiger partial charge in [0.05, 0.1) is 11.5 Å². The Morgan fingerprint density at radius 1 is 1.19 bits per heavy atom. The summed E-state index contributed by atoms with van der Waals surface area (Å²) in [5, 5.41) is 6.41. The summed E-state index contributed by atoms with van der Waals surface area (Å²) in [5.41, 5.74) is 0.713. The number of piperazine rings is 1. The lowest BCUT2D eigenvalue weighted by Gasteiger charge is -2.35. The summed E-state index contributed by atoms with van der Waals surface area (Å²) in [6.07, 6.45) is 0.285. The van der Waals surface area contributed by atoms with Gasteiger partial charge in [-0.2, -0.15) is 11.3 Å². The number of nitrogens with one attached hydrogen (secondary N) is 1. The Morgan fingerprint density at radius 2 is 1.90 bits per heavy atom. The van der Waals surface area contributed by atoms with Gasteiger partial charge >= 0.3 is 0 Å². The minimum Gasteiger partial charge on any atom is -0.355 e. The minimum absolute atomic E-state index is 0.0241. The summed E-state index contributed by atoms with van der Waals surface area (Å²) < 4.78 is 0. The van der Waals surface area contributed by atoms with Crippen LogP contribution in [0.25, 0.3) is 0 Å². The zero-order valence-corrected chi connectivity index (χ0v) is 12.4. The summed E-state index contributed by atoms with van der Waals surface area (Å²) in [5.74, 6) is -0.242. The summed E-state index contributed by atoms with van der Waals surface area (Å²) in [6.45, 7) is 2.62. The van der Waals surface area contributed by atoms with Crippen molar-refractivity contribution in [2.24, 2.45) is 5.92 Å². The SMILES string of the molecule is O=C1CC(C(=O)N2CCN(C(=O)c3ccsc3)CC2)CN1. The molecule has 3 heterocycles. The van der Waals surface area contributed by atoms with Crippen LogP contribution < -0.4 is 5.32 Å². The van der Waals surface area contributed by atoms with E-state index in [1.54, 1.807) is 9.80 Å². The third kappa shape index (κ3) is 2.92. The van der Waals surface area contributed by atoms with Crippen molar-refractivity contribution in [1.82, 2.24) is 15.1 Å². The standard InChI is InChI=1S/C14H17N3O3S/c18-12-7-11(8-15-12)14(20)17-4-2-16(3-5-17)13(19)10-1-6-21-9-10/h1,6,9,11H,2-5,7-8H2,(H,15,18). The van der Waals surface area contributed by atoms with Crippen molar-refractivity contribution in [2.45, 2.75) is 6.42 Å². The van der Waals surface area contributed by atoms with Crippen LogP contribution in [-0.2, 0) is 9.59 Å². The van der Waals surface area contributed by atoms with Crippen LogP contribution in [0.4, 0.5) is 0 Å². The largest absolute Gasteiger partial charge is 0.355 e. The Hall–Kier alpha value is -1.89. The van der Waals surface area contributed by atoms with Gasteiger partial charge in [0, 0.05) is 44.5 Å². The molecule has 1 aromatic heterocycles. The normalized spacial score (nSPS) is 22.3. The van der Waals surface area contributed by atoms with Crippen molar-refractivity contribution in [3.05, 3.63) is 22.4 Å². The third-order valence-corrected chi connectivity index (χ3v) is 4.66. The van der Waals surface area contributed by atoms with E-state index < -0.39 is 0 Å². The number of carbonyl (C=O) groups excluding carboxylic acids is 3. The molecule has 0 spiro atoms. The lowest BCUT2D eigenvalue weighted by atomic mass is 10.1. The monoisotopic (exact) mass is 307 g/mol. The maximum atomic E-state index is 12.3. The molecule has 2 aliphatic rings. The Morgan fingerprint density at radius 3 is 2.48 bits per heavy atom. The molecular weight excluding hydrogens is 290 g/mol. The van der Waals surface area contributed by atoms with Gasteiger partial charge in [-0.05, 0) is 11.4 Å². The smallest absolute Gasteiger partial charge is 0.254 e. The number of amides is 3. The molecule has 2 aliphatic heterocycles. The second kappa shape index (κ2) is 5.85. The molecular formula is C14H17N3O3S. The molecule has 21 heavy (non-hydrogen) atoms. The fourth-order valence-electron chi connectivity index (χ4n) is 2.74.